The predicted octanol–water partition coefficient (Wildman–Crippen LogP) is 2.58. The summed E-state index contributed by atoms with van der Waals surface area (Å²) in [5, 5.41) is 6.33. The molecule has 0 atom stereocenters. The molecule has 0 saturated heterocycles. The Kier molecular flexibility index (Phi) is 6.02. The minimum atomic E-state index is 0.0201. The normalized spacial score (nSPS) is 10.9. The maximum atomic E-state index is 11.5. The molecule has 19 heavy (non-hydrogen) atoms. The number of amides is 1. The van der Waals surface area contributed by atoms with Gasteiger partial charge in [-0.1, -0.05) is 25.4 Å². The number of halogens is 1. The highest BCUT2D eigenvalue weighted by molar-refractivity contribution is 6.29. The van der Waals surface area contributed by atoms with Gasteiger partial charge >= 0.3 is 0 Å². The number of anilines is 1. The Morgan fingerprint density at radius 3 is 2.58 bits per heavy atom. The smallest absolute Gasteiger partial charge is 0.221 e. The van der Waals surface area contributed by atoms with E-state index in [4.69, 9.17) is 11.6 Å². The van der Waals surface area contributed by atoms with Crippen molar-refractivity contribution < 1.29 is 4.79 Å². The van der Waals surface area contributed by atoms with Crippen LogP contribution in [0, 0.1) is 0 Å². The number of hydrogen-bond donors (Lipinski definition) is 2. The third kappa shape index (κ3) is 5.87. The number of hydrogen-bond acceptors (Lipinski definition) is 4. The molecule has 1 rings (SSSR count). The summed E-state index contributed by atoms with van der Waals surface area (Å²) in [7, 11) is 0. The van der Waals surface area contributed by atoms with Gasteiger partial charge < -0.3 is 10.6 Å². The molecule has 106 valence electrons. The molecular formula is C13H21ClN4O. The summed E-state index contributed by atoms with van der Waals surface area (Å²) in [6.45, 7) is 8.40. The summed E-state index contributed by atoms with van der Waals surface area (Å²) in [5.74, 6) is 1.58. The van der Waals surface area contributed by atoms with Crippen LogP contribution in [0.25, 0.3) is 0 Å². The average molecular weight is 285 g/mol. The maximum Gasteiger partial charge on any atom is 0.221 e. The number of nitrogens with one attached hydrogen (secondary N) is 2. The molecule has 1 aromatic rings. The first-order chi connectivity index (χ1) is 8.88. The quantitative estimate of drug-likeness (QED) is 0.788. The predicted molar refractivity (Wildman–Crippen MR) is 77.5 cm³/mol. The van der Waals surface area contributed by atoms with Crippen LogP contribution in [0.15, 0.2) is 6.07 Å². The lowest BCUT2D eigenvalue weighted by molar-refractivity contribution is -0.121. The van der Waals surface area contributed by atoms with Crippen LogP contribution in [0.1, 0.15) is 45.9 Å². The van der Waals surface area contributed by atoms with E-state index in [-0.39, 0.29) is 17.9 Å². The van der Waals surface area contributed by atoms with Crippen molar-refractivity contribution in [1.29, 1.82) is 0 Å². The minimum Gasteiger partial charge on any atom is -0.369 e. The van der Waals surface area contributed by atoms with Gasteiger partial charge in [0.2, 0.25) is 5.91 Å². The summed E-state index contributed by atoms with van der Waals surface area (Å²) in [6, 6.07) is 1.82. The van der Waals surface area contributed by atoms with E-state index >= 15 is 0 Å². The van der Waals surface area contributed by atoms with Crippen molar-refractivity contribution in [2.24, 2.45) is 0 Å². The molecule has 1 amide bonds. The fourth-order valence-corrected chi connectivity index (χ4v) is 1.67. The van der Waals surface area contributed by atoms with E-state index in [1.807, 2.05) is 27.7 Å². The van der Waals surface area contributed by atoms with Gasteiger partial charge in [-0.3, -0.25) is 4.79 Å². The molecular weight excluding hydrogens is 264 g/mol. The van der Waals surface area contributed by atoms with Gasteiger partial charge in [-0.2, -0.15) is 0 Å². The molecule has 0 bridgehead atoms. The van der Waals surface area contributed by atoms with Gasteiger partial charge in [-0.15, -0.1) is 0 Å². The Hall–Kier alpha value is -1.36. The highest BCUT2D eigenvalue weighted by Crippen LogP contribution is 2.16. The van der Waals surface area contributed by atoms with Crippen molar-refractivity contribution in [3.8, 4) is 0 Å². The first-order valence-electron chi connectivity index (χ1n) is 6.46. The lowest BCUT2D eigenvalue weighted by atomic mass is 10.2. The van der Waals surface area contributed by atoms with Crippen LogP contribution in [0.5, 0.6) is 0 Å². The van der Waals surface area contributed by atoms with Gasteiger partial charge in [0.15, 0.2) is 0 Å². The topological polar surface area (TPSA) is 66.9 Å². The summed E-state index contributed by atoms with van der Waals surface area (Å²) in [5.41, 5.74) is 0. The third-order valence-electron chi connectivity index (χ3n) is 2.34. The van der Waals surface area contributed by atoms with E-state index in [1.165, 1.54) is 0 Å². The van der Waals surface area contributed by atoms with Gasteiger partial charge in [0.25, 0.3) is 0 Å². The number of aromatic nitrogens is 2. The number of rotatable bonds is 6. The van der Waals surface area contributed by atoms with Crippen LogP contribution >= 0.6 is 11.6 Å². The van der Waals surface area contributed by atoms with Gasteiger partial charge in [-0.05, 0) is 13.8 Å². The average Bonchev–Trinajstić information content (AvgIpc) is 2.27. The third-order valence-corrected chi connectivity index (χ3v) is 2.53. The standard InChI is InChI=1S/C13H21ClN4O/c1-8(2)13-17-10(14)7-11(18-13)15-6-5-12(19)16-9(3)4/h7-9H,5-6H2,1-4H3,(H,16,19)(H,15,17,18). The molecule has 5 nitrogen and oxygen atoms in total. The Bertz CT molecular complexity index is 435. The molecule has 0 spiro atoms. The Morgan fingerprint density at radius 1 is 1.32 bits per heavy atom. The molecule has 0 saturated carbocycles. The Morgan fingerprint density at radius 2 is 2.00 bits per heavy atom. The van der Waals surface area contributed by atoms with Gasteiger partial charge in [0.05, 0.1) is 0 Å². The molecule has 2 N–H and O–H groups in total. The zero-order valence-electron chi connectivity index (χ0n) is 11.8. The molecule has 0 aliphatic carbocycles. The van der Waals surface area contributed by atoms with Crippen LogP contribution in [0.3, 0.4) is 0 Å². The van der Waals surface area contributed by atoms with Crippen LogP contribution in [0.4, 0.5) is 5.82 Å². The van der Waals surface area contributed by atoms with Crippen molar-refractivity contribution in [3.05, 3.63) is 17.0 Å². The van der Waals surface area contributed by atoms with E-state index in [0.29, 0.717) is 29.8 Å². The molecule has 0 unspecified atom stereocenters. The molecule has 0 aliphatic rings. The van der Waals surface area contributed by atoms with Crippen LogP contribution < -0.4 is 10.6 Å². The lowest BCUT2D eigenvalue weighted by Gasteiger charge is -2.11. The summed E-state index contributed by atoms with van der Waals surface area (Å²) < 4.78 is 0. The largest absolute Gasteiger partial charge is 0.369 e. The van der Waals surface area contributed by atoms with Gasteiger partial charge in [0, 0.05) is 31.0 Å². The fourth-order valence-electron chi connectivity index (χ4n) is 1.48. The van der Waals surface area contributed by atoms with Crippen molar-refractivity contribution >= 4 is 23.3 Å². The molecule has 1 heterocycles. The monoisotopic (exact) mass is 284 g/mol. The van der Waals surface area contributed by atoms with Crippen LogP contribution in [-0.2, 0) is 4.79 Å². The molecule has 0 radical (unpaired) electrons. The van der Waals surface area contributed by atoms with E-state index in [1.54, 1.807) is 6.07 Å². The Labute approximate surface area is 119 Å². The highest BCUT2D eigenvalue weighted by Gasteiger charge is 2.07. The fraction of sp³-hybridized carbons (Fsp3) is 0.615. The van der Waals surface area contributed by atoms with Crippen molar-refractivity contribution in [2.45, 2.75) is 46.1 Å². The van der Waals surface area contributed by atoms with E-state index in [2.05, 4.69) is 20.6 Å². The van der Waals surface area contributed by atoms with E-state index < -0.39 is 0 Å². The van der Waals surface area contributed by atoms with E-state index in [0.717, 1.165) is 0 Å². The number of nitrogens with zero attached hydrogens (tertiary/aromatic N) is 2. The Balaban J connectivity index is 2.51. The zero-order chi connectivity index (χ0) is 14.4. The summed E-state index contributed by atoms with van der Waals surface area (Å²) >= 11 is 5.93. The number of carbonyl (C=O) groups is 1. The van der Waals surface area contributed by atoms with E-state index in [9.17, 15) is 4.79 Å². The SMILES string of the molecule is CC(C)NC(=O)CCNc1cc(Cl)nc(C(C)C)n1. The second-order valence-corrected chi connectivity index (χ2v) is 5.38. The molecule has 0 aliphatic heterocycles. The molecule has 0 fully saturated rings. The zero-order valence-corrected chi connectivity index (χ0v) is 12.6. The van der Waals surface area contributed by atoms with Crippen molar-refractivity contribution in [3.63, 3.8) is 0 Å². The molecule has 1 aromatic heterocycles. The summed E-state index contributed by atoms with van der Waals surface area (Å²) in [6.07, 6.45) is 0.400. The summed E-state index contributed by atoms with van der Waals surface area (Å²) in [4.78, 5) is 20.0. The van der Waals surface area contributed by atoms with Crippen molar-refractivity contribution in [1.82, 2.24) is 15.3 Å². The number of carbonyl (C=O) groups excluding carboxylic acids is 1. The van der Waals surface area contributed by atoms with Crippen molar-refractivity contribution in [2.75, 3.05) is 11.9 Å². The first kappa shape index (κ1) is 15.7. The highest BCUT2D eigenvalue weighted by atomic mass is 35.5. The molecule has 0 aromatic carbocycles. The van der Waals surface area contributed by atoms with Crippen LogP contribution in [0.2, 0.25) is 5.15 Å². The van der Waals surface area contributed by atoms with Gasteiger partial charge in [-0.25, -0.2) is 9.97 Å². The van der Waals surface area contributed by atoms with Gasteiger partial charge in [0.1, 0.15) is 16.8 Å². The lowest BCUT2D eigenvalue weighted by Crippen LogP contribution is -2.31. The maximum absolute atomic E-state index is 11.5. The van der Waals surface area contributed by atoms with Crippen LogP contribution in [-0.4, -0.2) is 28.5 Å². The first-order valence-corrected chi connectivity index (χ1v) is 6.84. The molecule has 6 heteroatoms. The second-order valence-electron chi connectivity index (χ2n) is 4.99. The second kappa shape index (κ2) is 7.28. The minimum absolute atomic E-state index is 0.0201.